The molecule has 4 aliphatic carbocycles. The normalized spacial score (nSPS) is 40.1. The van der Waals surface area contributed by atoms with Gasteiger partial charge in [0.25, 0.3) is 0 Å². The fourth-order valence-corrected chi connectivity index (χ4v) is 8.28. The third kappa shape index (κ3) is 3.95. The summed E-state index contributed by atoms with van der Waals surface area (Å²) in [6, 6.07) is 0. The molecular weight excluding hydrogens is 424 g/mol. The van der Waals surface area contributed by atoms with Crippen molar-refractivity contribution in [1.82, 2.24) is 0 Å². The molecule has 0 radical (unpaired) electrons. The van der Waals surface area contributed by atoms with Crippen molar-refractivity contribution in [1.29, 1.82) is 0 Å². The van der Waals surface area contributed by atoms with E-state index in [0.717, 1.165) is 32.1 Å². The molecular formula is C27H39ClO4. The minimum absolute atomic E-state index is 0.0478. The van der Waals surface area contributed by atoms with Crippen molar-refractivity contribution in [3.8, 4) is 0 Å². The van der Waals surface area contributed by atoms with Crippen molar-refractivity contribution in [2.75, 3.05) is 5.88 Å². The Balaban J connectivity index is 1.54. The Labute approximate surface area is 198 Å². The molecule has 0 aromatic rings. The Hall–Kier alpha value is -1.29. The zero-order valence-electron chi connectivity index (χ0n) is 20.3. The first-order valence-electron chi connectivity index (χ1n) is 12.4. The molecule has 178 valence electrons. The summed E-state index contributed by atoms with van der Waals surface area (Å²) < 4.78 is 11.1. The standard InChI is InChI=1S/C27H39ClO4/c1-16(25(15-28)32-18(3)30)22-8-9-23-21-7-6-19-14-20(31-17(2)29)10-12-26(19,4)24(21)11-13-27(22,23)5/h6,8,16,20-21,23-25H,7,9-15H2,1-5H3/t16-,20-,21-,23-,24-,25-,26-,27+/m0/s1. The highest BCUT2D eigenvalue weighted by Crippen LogP contribution is 2.66. The summed E-state index contributed by atoms with van der Waals surface area (Å²) in [6.07, 6.45) is 12.4. The highest BCUT2D eigenvalue weighted by atomic mass is 35.5. The molecule has 0 aromatic heterocycles. The van der Waals surface area contributed by atoms with Crippen LogP contribution in [0.4, 0.5) is 0 Å². The van der Waals surface area contributed by atoms with Crippen LogP contribution in [-0.4, -0.2) is 30.0 Å². The van der Waals surface area contributed by atoms with Crippen LogP contribution in [0.2, 0.25) is 0 Å². The lowest BCUT2D eigenvalue weighted by Gasteiger charge is -2.58. The van der Waals surface area contributed by atoms with E-state index in [1.165, 1.54) is 37.8 Å². The van der Waals surface area contributed by atoms with E-state index >= 15 is 0 Å². The highest BCUT2D eigenvalue weighted by Gasteiger charge is 2.57. The van der Waals surface area contributed by atoms with Gasteiger partial charge in [-0.05, 0) is 67.1 Å². The summed E-state index contributed by atoms with van der Waals surface area (Å²) in [4.78, 5) is 23.1. The van der Waals surface area contributed by atoms with E-state index < -0.39 is 0 Å². The van der Waals surface area contributed by atoms with Crippen LogP contribution >= 0.6 is 11.6 Å². The second kappa shape index (κ2) is 8.81. The molecule has 4 rings (SSSR count). The van der Waals surface area contributed by atoms with E-state index in [0.29, 0.717) is 23.6 Å². The molecule has 0 amide bonds. The molecule has 8 atom stereocenters. The SMILES string of the molecule is CC(=O)O[C@H]1CC[C@@]2(C)C(=CC[C@@H]3[C@@H]2CC[C@]2(C)C([C@H](C)[C@H](CCl)OC(C)=O)=CC[C@@H]32)C1. The fraction of sp³-hybridized carbons (Fsp3) is 0.778. The summed E-state index contributed by atoms with van der Waals surface area (Å²) in [7, 11) is 0. The average Bonchev–Trinajstić information content (AvgIpc) is 3.08. The quantitative estimate of drug-likeness (QED) is 0.276. The van der Waals surface area contributed by atoms with E-state index in [9.17, 15) is 9.59 Å². The molecule has 32 heavy (non-hydrogen) atoms. The van der Waals surface area contributed by atoms with Crippen molar-refractivity contribution in [3.05, 3.63) is 23.3 Å². The van der Waals surface area contributed by atoms with Gasteiger partial charge in [0.1, 0.15) is 12.2 Å². The van der Waals surface area contributed by atoms with Crippen LogP contribution in [-0.2, 0) is 19.1 Å². The Bertz CT molecular complexity index is 832. The first-order chi connectivity index (χ1) is 15.1. The van der Waals surface area contributed by atoms with Crippen molar-refractivity contribution in [2.45, 2.75) is 91.8 Å². The van der Waals surface area contributed by atoms with E-state index in [1.807, 2.05) is 0 Å². The van der Waals surface area contributed by atoms with Gasteiger partial charge < -0.3 is 9.47 Å². The van der Waals surface area contributed by atoms with Crippen molar-refractivity contribution in [2.24, 2.45) is 34.5 Å². The number of fused-ring (bicyclic) bond motifs is 5. The van der Waals surface area contributed by atoms with Crippen molar-refractivity contribution >= 4 is 23.5 Å². The maximum absolute atomic E-state index is 11.6. The van der Waals surface area contributed by atoms with Crippen LogP contribution in [0.15, 0.2) is 23.3 Å². The van der Waals surface area contributed by atoms with Gasteiger partial charge in [0.2, 0.25) is 0 Å². The maximum atomic E-state index is 11.6. The second-order valence-corrected chi connectivity index (χ2v) is 11.5. The monoisotopic (exact) mass is 462 g/mol. The van der Waals surface area contributed by atoms with Crippen LogP contribution in [0.25, 0.3) is 0 Å². The number of esters is 2. The number of carbonyl (C=O) groups is 2. The lowest BCUT2D eigenvalue weighted by molar-refractivity contribution is -0.148. The van der Waals surface area contributed by atoms with Crippen LogP contribution in [0.5, 0.6) is 0 Å². The summed E-state index contributed by atoms with van der Waals surface area (Å²) in [5, 5.41) is 0. The molecule has 0 heterocycles. The first-order valence-corrected chi connectivity index (χ1v) is 12.9. The predicted octanol–water partition coefficient (Wildman–Crippen LogP) is 6.22. The number of halogens is 1. The Morgan fingerprint density at radius 3 is 2.44 bits per heavy atom. The van der Waals surface area contributed by atoms with Gasteiger partial charge in [-0.3, -0.25) is 9.59 Å². The van der Waals surface area contributed by atoms with Crippen molar-refractivity contribution in [3.63, 3.8) is 0 Å². The van der Waals surface area contributed by atoms with Gasteiger partial charge >= 0.3 is 11.9 Å². The maximum Gasteiger partial charge on any atom is 0.302 e. The Kier molecular flexibility index (Phi) is 6.57. The number of rotatable bonds is 5. The van der Waals surface area contributed by atoms with Crippen molar-refractivity contribution < 1.29 is 19.1 Å². The summed E-state index contributed by atoms with van der Waals surface area (Å²) >= 11 is 6.21. The van der Waals surface area contributed by atoms with Gasteiger partial charge in [-0.1, -0.05) is 44.1 Å². The molecule has 0 saturated heterocycles. The Morgan fingerprint density at radius 2 is 1.78 bits per heavy atom. The van der Waals surface area contributed by atoms with Crippen LogP contribution in [0.3, 0.4) is 0 Å². The van der Waals surface area contributed by atoms with Crippen LogP contribution in [0, 0.1) is 34.5 Å². The molecule has 2 fully saturated rings. The molecule has 0 N–H and O–H groups in total. The fourth-order valence-electron chi connectivity index (χ4n) is 7.95. The molecule has 0 unspecified atom stereocenters. The molecule has 0 aromatic carbocycles. The van der Waals surface area contributed by atoms with Gasteiger partial charge in [-0.2, -0.15) is 0 Å². The van der Waals surface area contributed by atoms with E-state index in [4.69, 9.17) is 21.1 Å². The number of ether oxygens (including phenoxy) is 2. The van der Waals surface area contributed by atoms with E-state index in [2.05, 4.69) is 32.9 Å². The summed E-state index contributed by atoms with van der Waals surface area (Å²) in [6.45, 7) is 10.1. The number of allylic oxidation sites excluding steroid dienone is 2. The number of alkyl halides is 1. The Morgan fingerprint density at radius 1 is 1.06 bits per heavy atom. The third-order valence-corrected chi connectivity index (χ3v) is 9.85. The minimum atomic E-state index is -0.263. The second-order valence-electron chi connectivity index (χ2n) is 11.2. The smallest absolute Gasteiger partial charge is 0.302 e. The zero-order valence-corrected chi connectivity index (χ0v) is 21.0. The molecule has 5 heteroatoms. The van der Waals surface area contributed by atoms with Crippen LogP contribution in [0.1, 0.15) is 79.6 Å². The molecule has 0 aliphatic heterocycles. The van der Waals surface area contributed by atoms with Gasteiger partial charge in [0.05, 0.1) is 5.88 Å². The largest absolute Gasteiger partial charge is 0.462 e. The number of hydrogen-bond donors (Lipinski definition) is 0. The van der Waals surface area contributed by atoms with Gasteiger partial charge in [-0.15, -0.1) is 11.6 Å². The topological polar surface area (TPSA) is 52.6 Å². The summed E-state index contributed by atoms with van der Waals surface area (Å²) in [5.41, 5.74) is 3.36. The lowest BCUT2D eigenvalue weighted by atomic mass is 9.47. The summed E-state index contributed by atoms with van der Waals surface area (Å²) in [5.74, 6) is 2.06. The van der Waals surface area contributed by atoms with Gasteiger partial charge in [0.15, 0.2) is 0 Å². The first kappa shape index (κ1) is 23.9. The zero-order chi connectivity index (χ0) is 23.3. The predicted molar refractivity (Wildman–Crippen MR) is 126 cm³/mol. The van der Waals surface area contributed by atoms with E-state index in [-0.39, 0.29) is 40.9 Å². The highest BCUT2D eigenvalue weighted by molar-refractivity contribution is 6.18. The molecule has 4 aliphatic rings. The molecule has 0 bridgehead atoms. The third-order valence-electron chi connectivity index (χ3n) is 9.55. The van der Waals surface area contributed by atoms with Gasteiger partial charge in [-0.25, -0.2) is 0 Å². The molecule has 0 spiro atoms. The lowest BCUT2D eigenvalue weighted by Crippen LogP contribution is -2.50. The molecule has 4 nitrogen and oxygen atoms in total. The van der Waals surface area contributed by atoms with Crippen LogP contribution < -0.4 is 0 Å². The number of hydrogen-bond acceptors (Lipinski definition) is 4. The van der Waals surface area contributed by atoms with E-state index in [1.54, 1.807) is 0 Å². The van der Waals surface area contributed by atoms with Gasteiger partial charge in [0, 0.05) is 26.2 Å². The average molecular weight is 463 g/mol. The minimum Gasteiger partial charge on any atom is -0.462 e. The molecule has 2 saturated carbocycles. The number of carbonyl (C=O) groups excluding carboxylic acids is 2.